The van der Waals surface area contributed by atoms with Crippen LogP contribution < -0.4 is 16.0 Å². The van der Waals surface area contributed by atoms with Crippen LogP contribution in [0.5, 0.6) is 0 Å². The highest BCUT2D eigenvalue weighted by molar-refractivity contribution is 7.18. The molecule has 0 radical (unpaired) electrons. The van der Waals surface area contributed by atoms with Crippen LogP contribution in [0.15, 0.2) is 18.2 Å². The largest absolute Gasteiger partial charge is 0.354 e. The molecule has 0 unspecified atom stereocenters. The average Bonchev–Trinajstić information content (AvgIpc) is 3.40. The van der Waals surface area contributed by atoms with E-state index in [1.807, 2.05) is 6.07 Å². The van der Waals surface area contributed by atoms with E-state index in [0.29, 0.717) is 37.3 Å². The fourth-order valence-corrected chi connectivity index (χ4v) is 7.37. The standard InChI is InChI=1S/C33H51N5O3S/c1-6-30(39)35-27(19-31-36-26-13-12-25(21(2)3)18-29(26)42-31)33(41)37-28(23-10-8-7-9-11-23)20-34-32(40)24-14-16-38(17-15-24)22(4)5/h12-13,18,21-24,27-28H,6-11,14-17,19-20H2,1-5H3,(H,34,40)(H,35,39)(H,37,41)/t27-,28+/m0/s1. The van der Waals surface area contributed by atoms with Crippen molar-refractivity contribution in [2.75, 3.05) is 19.6 Å². The van der Waals surface area contributed by atoms with Gasteiger partial charge in [0.05, 0.1) is 15.2 Å². The van der Waals surface area contributed by atoms with Gasteiger partial charge in [-0.2, -0.15) is 0 Å². The number of carbonyl (C=O) groups is 3. The van der Waals surface area contributed by atoms with Gasteiger partial charge >= 0.3 is 0 Å². The summed E-state index contributed by atoms with van der Waals surface area (Å²) >= 11 is 1.59. The highest BCUT2D eigenvalue weighted by atomic mass is 32.1. The van der Waals surface area contributed by atoms with Crippen LogP contribution >= 0.6 is 11.3 Å². The Balaban J connectivity index is 1.44. The smallest absolute Gasteiger partial charge is 0.243 e. The third kappa shape index (κ3) is 8.75. The van der Waals surface area contributed by atoms with Gasteiger partial charge in [0.2, 0.25) is 17.7 Å². The van der Waals surface area contributed by atoms with Crippen molar-refractivity contribution in [3.63, 3.8) is 0 Å². The molecule has 1 aliphatic carbocycles. The van der Waals surface area contributed by atoms with Crippen LogP contribution in [0.1, 0.15) is 102 Å². The SMILES string of the molecule is CCC(=O)N[C@@H](Cc1nc2ccc(C(C)C)cc2s1)C(=O)N[C@H](CNC(=O)C1CCN(C(C)C)CC1)C1CCCCC1. The monoisotopic (exact) mass is 597 g/mol. The van der Waals surface area contributed by atoms with E-state index < -0.39 is 6.04 Å². The third-order valence-corrected chi connectivity index (χ3v) is 10.2. The maximum Gasteiger partial charge on any atom is 0.243 e. The summed E-state index contributed by atoms with van der Waals surface area (Å²) in [5.41, 5.74) is 2.18. The van der Waals surface area contributed by atoms with Crippen molar-refractivity contribution in [1.29, 1.82) is 0 Å². The fraction of sp³-hybridized carbons (Fsp3) is 0.697. The number of aromatic nitrogens is 1. The molecule has 2 aliphatic rings. The van der Waals surface area contributed by atoms with Gasteiger partial charge in [-0.25, -0.2) is 4.98 Å². The van der Waals surface area contributed by atoms with E-state index in [9.17, 15) is 14.4 Å². The zero-order valence-corrected chi connectivity index (χ0v) is 27.0. The van der Waals surface area contributed by atoms with Gasteiger partial charge in [0.25, 0.3) is 0 Å². The van der Waals surface area contributed by atoms with Crippen LogP contribution in [0.2, 0.25) is 0 Å². The lowest BCUT2D eigenvalue weighted by molar-refractivity contribution is -0.130. The summed E-state index contributed by atoms with van der Waals surface area (Å²) in [5, 5.41) is 10.3. The summed E-state index contributed by atoms with van der Waals surface area (Å²) in [6.07, 6.45) is 7.95. The lowest BCUT2D eigenvalue weighted by atomic mass is 9.83. The summed E-state index contributed by atoms with van der Waals surface area (Å²) < 4.78 is 1.10. The highest BCUT2D eigenvalue weighted by Gasteiger charge is 2.31. The second-order valence-corrected chi connectivity index (χ2v) is 13.9. The third-order valence-electron chi connectivity index (χ3n) is 9.15. The Kier molecular flexibility index (Phi) is 11.8. The van der Waals surface area contributed by atoms with Crippen molar-refractivity contribution < 1.29 is 14.4 Å². The summed E-state index contributed by atoms with van der Waals surface area (Å²) in [7, 11) is 0. The van der Waals surface area contributed by atoms with Gasteiger partial charge in [0.15, 0.2) is 0 Å². The first-order valence-corrected chi connectivity index (χ1v) is 17.0. The summed E-state index contributed by atoms with van der Waals surface area (Å²) in [6.45, 7) is 12.9. The molecule has 3 N–H and O–H groups in total. The number of benzene rings is 1. The van der Waals surface area contributed by atoms with E-state index in [2.05, 4.69) is 60.7 Å². The minimum atomic E-state index is -0.718. The van der Waals surface area contributed by atoms with Crippen molar-refractivity contribution in [2.24, 2.45) is 11.8 Å². The number of piperidine rings is 1. The predicted octanol–water partition coefficient (Wildman–Crippen LogP) is 5.16. The van der Waals surface area contributed by atoms with Crippen LogP contribution in [0.25, 0.3) is 10.2 Å². The van der Waals surface area contributed by atoms with Crippen LogP contribution in [0, 0.1) is 11.8 Å². The molecule has 0 bridgehead atoms. The fourth-order valence-electron chi connectivity index (χ4n) is 6.30. The first-order valence-electron chi connectivity index (χ1n) is 16.1. The number of hydrogen-bond acceptors (Lipinski definition) is 6. The number of amides is 3. The van der Waals surface area contributed by atoms with Crippen LogP contribution in [-0.2, 0) is 20.8 Å². The van der Waals surface area contributed by atoms with Crippen LogP contribution in [-0.4, -0.2) is 65.4 Å². The van der Waals surface area contributed by atoms with Crippen LogP contribution in [0.4, 0.5) is 0 Å². The van der Waals surface area contributed by atoms with Gasteiger partial charge < -0.3 is 20.9 Å². The number of rotatable bonds is 12. The van der Waals surface area contributed by atoms with Crippen LogP contribution in [0.3, 0.4) is 0 Å². The highest BCUT2D eigenvalue weighted by Crippen LogP contribution is 2.29. The summed E-state index contributed by atoms with van der Waals surface area (Å²) in [6, 6.07) is 5.94. The molecule has 2 heterocycles. The van der Waals surface area contributed by atoms with Gasteiger partial charge in [0.1, 0.15) is 6.04 Å². The topological polar surface area (TPSA) is 103 Å². The van der Waals surface area contributed by atoms with Crippen molar-refractivity contribution in [2.45, 2.75) is 116 Å². The Labute approximate surface area is 255 Å². The molecule has 1 aromatic carbocycles. The molecule has 2 fully saturated rings. The zero-order chi connectivity index (χ0) is 30.2. The molecule has 42 heavy (non-hydrogen) atoms. The molecule has 3 amide bonds. The van der Waals surface area contributed by atoms with Gasteiger partial charge in [-0.15, -0.1) is 11.3 Å². The number of nitrogens with one attached hydrogen (secondary N) is 3. The van der Waals surface area contributed by atoms with Gasteiger partial charge in [-0.1, -0.05) is 46.1 Å². The van der Waals surface area contributed by atoms with Crippen molar-refractivity contribution in [1.82, 2.24) is 25.8 Å². The number of nitrogens with zero attached hydrogens (tertiary/aromatic N) is 2. The van der Waals surface area contributed by atoms with E-state index in [1.54, 1.807) is 18.3 Å². The van der Waals surface area contributed by atoms with Crippen molar-refractivity contribution >= 4 is 39.3 Å². The molecular weight excluding hydrogens is 546 g/mol. The minimum Gasteiger partial charge on any atom is -0.354 e. The van der Waals surface area contributed by atoms with E-state index in [1.165, 1.54) is 12.0 Å². The zero-order valence-electron chi connectivity index (χ0n) is 26.2. The molecule has 0 spiro atoms. The predicted molar refractivity (Wildman–Crippen MR) is 171 cm³/mol. The first-order chi connectivity index (χ1) is 20.1. The minimum absolute atomic E-state index is 0.0227. The van der Waals surface area contributed by atoms with E-state index in [-0.39, 0.29) is 29.7 Å². The molecule has 2 atom stereocenters. The molecule has 9 heteroatoms. The molecule has 2 aromatic rings. The molecule has 1 aromatic heterocycles. The molecule has 1 saturated carbocycles. The Hall–Kier alpha value is -2.52. The summed E-state index contributed by atoms with van der Waals surface area (Å²) in [5.74, 6) is 0.495. The second kappa shape index (κ2) is 15.3. The Morgan fingerprint density at radius 3 is 2.36 bits per heavy atom. The van der Waals surface area contributed by atoms with Crippen molar-refractivity contribution in [3.8, 4) is 0 Å². The number of likely N-dealkylation sites (tertiary alicyclic amines) is 1. The molecule has 232 valence electrons. The number of fused-ring (bicyclic) bond motifs is 1. The van der Waals surface area contributed by atoms with E-state index >= 15 is 0 Å². The molecule has 4 rings (SSSR count). The first kappa shape index (κ1) is 32.4. The molecule has 8 nitrogen and oxygen atoms in total. The number of carbonyl (C=O) groups excluding carboxylic acids is 3. The summed E-state index contributed by atoms with van der Waals surface area (Å²) in [4.78, 5) is 46.6. The van der Waals surface area contributed by atoms with E-state index in [0.717, 1.165) is 66.8 Å². The molecule has 1 aliphatic heterocycles. The van der Waals surface area contributed by atoms with Gasteiger partial charge in [-0.05, 0) is 82.2 Å². The normalized spacial score (nSPS) is 18.7. The van der Waals surface area contributed by atoms with Gasteiger partial charge in [0, 0.05) is 37.4 Å². The average molecular weight is 598 g/mol. The lowest BCUT2D eigenvalue weighted by Crippen LogP contribution is -2.55. The quantitative estimate of drug-likeness (QED) is 0.314. The number of thiazole rings is 1. The Morgan fingerprint density at radius 1 is 1.00 bits per heavy atom. The maximum atomic E-state index is 13.8. The van der Waals surface area contributed by atoms with E-state index in [4.69, 9.17) is 4.98 Å². The molecular formula is C33H51N5O3S. The van der Waals surface area contributed by atoms with Crippen molar-refractivity contribution in [3.05, 3.63) is 28.8 Å². The maximum absolute atomic E-state index is 13.8. The number of hydrogen-bond donors (Lipinski definition) is 3. The Morgan fingerprint density at radius 2 is 1.71 bits per heavy atom. The lowest BCUT2D eigenvalue weighted by Gasteiger charge is -2.35. The Bertz CT molecular complexity index is 1200. The van der Waals surface area contributed by atoms with Gasteiger partial charge in [-0.3, -0.25) is 14.4 Å². The molecule has 1 saturated heterocycles. The second-order valence-electron chi connectivity index (χ2n) is 12.8.